The van der Waals surface area contributed by atoms with Crippen molar-refractivity contribution in [2.45, 2.75) is 39.2 Å². The number of hydrogen-bond donors (Lipinski definition) is 2. The molecule has 7 nitrogen and oxygen atoms in total. The summed E-state index contributed by atoms with van der Waals surface area (Å²) in [7, 11) is 1.65. The molecule has 1 unspecified atom stereocenters. The van der Waals surface area contributed by atoms with Crippen LogP contribution in [-0.4, -0.2) is 42.6 Å². The number of anilines is 2. The zero-order chi connectivity index (χ0) is 20.5. The summed E-state index contributed by atoms with van der Waals surface area (Å²) in [5.41, 5.74) is 1.04. The molecule has 7 heteroatoms. The highest BCUT2D eigenvalue weighted by molar-refractivity contribution is 5.75. The predicted molar refractivity (Wildman–Crippen MR) is 115 cm³/mol. The summed E-state index contributed by atoms with van der Waals surface area (Å²) in [6.45, 7) is 5.36. The quantitative estimate of drug-likeness (QED) is 0.676. The molecule has 29 heavy (non-hydrogen) atoms. The lowest BCUT2D eigenvalue weighted by atomic mass is 9.93. The maximum atomic E-state index is 12.3. The number of ether oxygens (including phenoxy) is 1. The normalized spacial score (nSPS) is 16.3. The van der Waals surface area contributed by atoms with E-state index in [0.29, 0.717) is 18.9 Å². The van der Waals surface area contributed by atoms with E-state index in [4.69, 9.17) is 4.74 Å². The minimum atomic E-state index is 0.0985. The second-order valence-electron chi connectivity index (χ2n) is 7.41. The van der Waals surface area contributed by atoms with Crippen LogP contribution in [0.5, 0.6) is 5.75 Å². The molecule has 1 aromatic heterocycles. The van der Waals surface area contributed by atoms with E-state index in [2.05, 4.69) is 32.4 Å². The molecule has 1 saturated heterocycles. The third-order valence-electron chi connectivity index (χ3n) is 5.26. The highest BCUT2D eigenvalue weighted by Crippen LogP contribution is 2.25. The lowest BCUT2D eigenvalue weighted by Gasteiger charge is -2.33. The summed E-state index contributed by atoms with van der Waals surface area (Å²) in [6, 6.07) is 9.78. The number of carbonyl (C=O) groups excluding carboxylic acids is 1. The lowest BCUT2D eigenvalue weighted by molar-refractivity contribution is -0.121. The Morgan fingerprint density at radius 3 is 3.03 bits per heavy atom. The van der Waals surface area contributed by atoms with Gasteiger partial charge in [0.25, 0.3) is 0 Å². The van der Waals surface area contributed by atoms with Crippen LogP contribution in [0.1, 0.15) is 38.2 Å². The van der Waals surface area contributed by atoms with E-state index < -0.39 is 0 Å². The van der Waals surface area contributed by atoms with Crippen LogP contribution >= 0.6 is 0 Å². The molecular weight excluding hydrogens is 366 g/mol. The zero-order valence-corrected chi connectivity index (χ0v) is 17.4. The topological polar surface area (TPSA) is 79.4 Å². The molecule has 3 rings (SSSR count). The zero-order valence-electron chi connectivity index (χ0n) is 17.4. The van der Waals surface area contributed by atoms with Gasteiger partial charge in [0, 0.05) is 38.7 Å². The Labute approximate surface area is 172 Å². The molecule has 1 atom stereocenters. The minimum absolute atomic E-state index is 0.0985. The molecule has 2 heterocycles. The van der Waals surface area contributed by atoms with Gasteiger partial charge in [-0.15, -0.1) is 0 Å². The van der Waals surface area contributed by atoms with Gasteiger partial charge in [-0.2, -0.15) is 0 Å². The third-order valence-corrected chi connectivity index (χ3v) is 5.26. The van der Waals surface area contributed by atoms with Gasteiger partial charge in [0.05, 0.1) is 7.11 Å². The lowest BCUT2D eigenvalue weighted by Crippen LogP contribution is -2.36. The van der Waals surface area contributed by atoms with Crippen molar-refractivity contribution in [3.8, 4) is 5.75 Å². The molecule has 0 bridgehead atoms. The first-order valence-corrected chi connectivity index (χ1v) is 10.4. The van der Waals surface area contributed by atoms with E-state index in [1.54, 1.807) is 13.4 Å². The number of aromatic nitrogens is 2. The summed E-state index contributed by atoms with van der Waals surface area (Å²) in [6.07, 6.45) is 5.34. The van der Waals surface area contributed by atoms with Crippen molar-refractivity contribution in [3.05, 3.63) is 42.2 Å². The molecule has 1 amide bonds. The molecule has 0 radical (unpaired) electrons. The van der Waals surface area contributed by atoms with Gasteiger partial charge in [0.15, 0.2) is 0 Å². The number of amides is 1. The Bertz CT molecular complexity index is 798. The van der Waals surface area contributed by atoms with Crippen LogP contribution in [0.15, 0.2) is 36.7 Å². The first-order chi connectivity index (χ1) is 14.2. The summed E-state index contributed by atoms with van der Waals surface area (Å²) in [5.74, 6) is 3.23. The van der Waals surface area contributed by atoms with Crippen molar-refractivity contribution in [2.75, 3.05) is 37.0 Å². The molecule has 2 N–H and O–H groups in total. The largest absolute Gasteiger partial charge is 0.497 e. The third kappa shape index (κ3) is 6.34. The van der Waals surface area contributed by atoms with Gasteiger partial charge in [0.1, 0.15) is 23.7 Å². The van der Waals surface area contributed by atoms with Gasteiger partial charge in [-0.05, 0) is 49.8 Å². The van der Waals surface area contributed by atoms with Crippen LogP contribution in [0, 0.1) is 5.92 Å². The summed E-state index contributed by atoms with van der Waals surface area (Å²) >= 11 is 0. The van der Waals surface area contributed by atoms with Crippen LogP contribution in [0.4, 0.5) is 11.6 Å². The predicted octanol–water partition coefficient (Wildman–Crippen LogP) is 3.23. The fourth-order valence-corrected chi connectivity index (χ4v) is 3.71. The fraction of sp³-hybridized carbons (Fsp3) is 0.500. The van der Waals surface area contributed by atoms with Crippen molar-refractivity contribution >= 4 is 17.5 Å². The first-order valence-electron chi connectivity index (χ1n) is 10.4. The van der Waals surface area contributed by atoms with E-state index in [1.165, 1.54) is 0 Å². The number of piperidine rings is 1. The SMILES string of the molecule is CCNc1cc(N2CCCC(CCC(=O)NCc3cccc(OC)c3)C2)ncn1. The molecule has 0 aliphatic carbocycles. The number of carbonyl (C=O) groups is 1. The Morgan fingerprint density at radius 1 is 1.31 bits per heavy atom. The van der Waals surface area contributed by atoms with Crippen LogP contribution < -0.4 is 20.3 Å². The molecule has 156 valence electrons. The van der Waals surface area contributed by atoms with Gasteiger partial charge < -0.3 is 20.3 Å². The van der Waals surface area contributed by atoms with E-state index >= 15 is 0 Å². The van der Waals surface area contributed by atoms with E-state index in [0.717, 1.165) is 61.8 Å². The molecule has 0 spiro atoms. The average Bonchev–Trinajstić information content (AvgIpc) is 2.77. The highest BCUT2D eigenvalue weighted by Gasteiger charge is 2.22. The minimum Gasteiger partial charge on any atom is -0.497 e. The monoisotopic (exact) mass is 397 g/mol. The first kappa shape index (κ1) is 20.9. The number of benzene rings is 1. The van der Waals surface area contributed by atoms with Crippen molar-refractivity contribution in [1.29, 1.82) is 0 Å². The van der Waals surface area contributed by atoms with E-state index in [9.17, 15) is 4.79 Å². The Morgan fingerprint density at radius 2 is 2.21 bits per heavy atom. The van der Waals surface area contributed by atoms with Crippen molar-refractivity contribution in [3.63, 3.8) is 0 Å². The van der Waals surface area contributed by atoms with Crippen molar-refractivity contribution < 1.29 is 9.53 Å². The van der Waals surface area contributed by atoms with Gasteiger partial charge in [0.2, 0.25) is 5.91 Å². The highest BCUT2D eigenvalue weighted by atomic mass is 16.5. The van der Waals surface area contributed by atoms with Gasteiger partial charge in [-0.25, -0.2) is 9.97 Å². The van der Waals surface area contributed by atoms with Crippen LogP contribution in [0.2, 0.25) is 0 Å². The number of nitrogens with zero attached hydrogens (tertiary/aromatic N) is 3. The van der Waals surface area contributed by atoms with Gasteiger partial charge in [-0.3, -0.25) is 4.79 Å². The molecule has 1 fully saturated rings. The Hall–Kier alpha value is -2.83. The smallest absolute Gasteiger partial charge is 0.220 e. The van der Waals surface area contributed by atoms with Crippen LogP contribution in [0.3, 0.4) is 0 Å². The summed E-state index contributed by atoms with van der Waals surface area (Å²) < 4.78 is 5.23. The molecule has 1 aromatic carbocycles. The van der Waals surface area contributed by atoms with Gasteiger partial charge in [-0.1, -0.05) is 12.1 Å². The number of methoxy groups -OCH3 is 1. The van der Waals surface area contributed by atoms with Crippen molar-refractivity contribution in [2.24, 2.45) is 5.92 Å². The Balaban J connectivity index is 1.45. The van der Waals surface area contributed by atoms with E-state index in [1.807, 2.05) is 30.3 Å². The molecule has 0 saturated carbocycles. The Kier molecular flexibility index (Phi) is 7.67. The number of hydrogen-bond acceptors (Lipinski definition) is 6. The molecule has 1 aliphatic heterocycles. The average molecular weight is 398 g/mol. The molecular formula is C22H31N5O2. The van der Waals surface area contributed by atoms with Crippen molar-refractivity contribution in [1.82, 2.24) is 15.3 Å². The second-order valence-corrected chi connectivity index (χ2v) is 7.41. The fourth-order valence-electron chi connectivity index (χ4n) is 3.71. The number of nitrogens with one attached hydrogen (secondary N) is 2. The van der Waals surface area contributed by atoms with E-state index in [-0.39, 0.29) is 5.91 Å². The summed E-state index contributed by atoms with van der Waals surface area (Å²) in [5, 5.41) is 6.25. The standard InChI is InChI=1S/C22H31N5O2/c1-3-23-20-13-21(26-16-25-20)27-11-5-7-17(15-27)9-10-22(28)24-14-18-6-4-8-19(12-18)29-2/h4,6,8,12-13,16-17H,3,5,7,9-11,14-15H2,1-2H3,(H,24,28)(H,23,25,26). The maximum absolute atomic E-state index is 12.3. The maximum Gasteiger partial charge on any atom is 0.220 e. The van der Waals surface area contributed by atoms with Crippen LogP contribution in [-0.2, 0) is 11.3 Å². The summed E-state index contributed by atoms with van der Waals surface area (Å²) in [4.78, 5) is 23.3. The number of rotatable bonds is 9. The molecule has 2 aromatic rings. The van der Waals surface area contributed by atoms with Crippen LogP contribution in [0.25, 0.3) is 0 Å². The molecule has 1 aliphatic rings. The van der Waals surface area contributed by atoms with Gasteiger partial charge >= 0.3 is 0 Å². The second kappa shape index (κ2) is 10.6.